The minimum absolute atomic E-state index is 0.324. The van der Waals surface area contributed by atoms with Crippen LogP contribution in [0.5, 0.6) is 5.75 Å². The Bertz CT molecular complexity index is 510. The largest absolute Gasteiger partial charge is 0.497 e. The Hall–Kier alpha value is -1.06. The number of benzene rings is 1. The summed E-state index contributed by atoms with van der Waals surface area (Å²) in [5, 5.41) is 11.7. The van der Waals surface area contributed by atoms with Crippen molar-refractivity contribution in [2.45, 2.75) is 63.4 Å². The molecule has 2 atom stereocenters. The standard InChI is InChI=1S/C21H33NO2/c1-24-20-12-9-11-18(16-20)21(23)13-6-4-5-10-19(21)17-22-14-7-2-3-8-15-22/h9,11-12,16,19,23H,2-8,10,13-15,17H2,1H3. The van der Waals surface area contributed by atoms with Gasteiger partial charge in [-0.15, -0.1) is 0 Å². The van der Waals surface area contributed by atoms with Crippen LogP contribution in [-0.4, -0.2) is 36.8 Å². The molecule has 134 valence electrons. The fourth-order valence-electron chi connectivity index (χ4n) is 4.55. The molecule has 1 aliphatic carbocycles. The van der Waals surface area contributed by atoms with E-state index in [1.54, 1.807) is 7.11 Å². The van der Waals surface area contributed by atoms with Crippen molar-refractivity contribution >= 4 is 0 Å². The van der Waals surface area contributed by atoms with E-state index in [9.17, 15) is 5.11 Å². The van der Waals surface area contributed by atoms with Crippen molar-refractivity contribution in [2.24, 2.45) is 5.92 Å². The van der Waals surface area contributed by atoms with E-state index in [2.05, 4.69) is 11.0 Å². The van der Waals surface area contributed by atoms with Gasteiger partial charge in [-0.3, -0.25) is 0 Å². The second-order valence-corrected chi connectivity index (χ2v) is 7.67. The van der Waals surface area contributed by atoms with Gasteiger partial charge in [0.2, 0.25) is 0 Å². The second-order valence-electron chi connectivity index (χ2n) is 7.67. The SMILES string of the molecule is COc1cccc(C2(O)CCCCCC2CN2CCCCCC2)c1. The number of likely N-dealkylation sites (tertiary alicyclic amines) is 1. The Morgan fingerprint density at radius 2 is 1.83 bits per heavy atom. The fourth-order valence-corrected chi connectivity index (χ4v) is 4.55. The van der Waals surface area contributed by atoms with Gasteiger partial charge in [-0.1, -0.05) is 44.2 Å². The van der Waals surface area contributed by atoms with E-state index in [0.29, 0.717) is 5.92 Å². The Morgan fingerprint density at radius 3 is 2.58 bits per heavy atom. The molecule has 3 nitrogen and oxygen atoms in total. The average molecular weight is 332 g/mol. The zero-order valence-corrected chi connectivity index (χ0v) is 15.2. The van der Waals surface area contributed by atoms with Gasteiger partial charge in [0.15, 0.2) is 0 Å². The Morgan fingerprint density at radius 1 is 1.08 bits per heavy atom. The molecule has 0 spiro atoms. The topological polar surface area (TPSA) is 32.7 Å². The highest BCUT2D eigenvalue weighted by Crippen LogP contribution is 2.42. The predicted octanol–water partition coefficient (Wildman–Crippen LogP) is 4.34. The maximum Gasteiger partial charge on any atom is 0.119 e. The predicted molar refractivity (Wildman–Crippen MR) is 98.4 cm³/mol. The first-order valence-corrected chi connectivity index (χ1v) is 9.81. The van der Waals surface area contributed by atoms with Gasteiger partial charge >= 0.3 is 0 Å². The molecule has 1 saturated carbocycles. The monoisotopic (exact) mass is 331 g/mol. The van der Waals surface area contributed by atoms with Gasteiger partial charge < -0.3 is 14.7 Å². The minimum atomic E-state index is -0.711. The summed E-state index contributed by atoms with van der Waals surface area (Å²) in [4.78, 5) is 2.61. The third kappa shape index (κ3) is 4.12. The van der Waals surface area contributed by atoms with Gasteiger partial charge in [0.25, 0.3) is 0 Å². The van der Waals surface area contributed by atoms with Crippen LogP contribution in [0.15, 0.2) is 24.3 Å². The molecule has 24 heavy (non-hydrogen) atoms. The van der Waals surface area contributed by atoms with Crippen LogP contribution in [-0.2, 0) is 5.60 Å². The molecule has 0 aromatic heterocycles. The molecule has 2 unspecified atom stereocenters. The van der Waals surface area contributed by atoms with E-state index in [0.717, 1.165) is 37.1 Å². The van der Waals surface area contributed by atoms with Crippen LogP contribution >= 0.6 is 0 Å². The van der Waals surface area contributed by atoms with E-state index < -0.39 is 5.60 Å². The molecular weight excluding hydrogens is 298 g/mol. The van der Waals surface area contributed by atoms with E-state index >= 15 is 0 Å². The number of hydrogen-bond acceptors (Lipinski definition) is 3. The average Bonchev–Trinajstić information content (AvgIpc) is 2.98. The van der Waals surface area contributed by atoms with E-state index in [4.69, 9.17) is 4.74 Å². The molecule has 0 radical (unpaired) electrons. The number of ether oxygens (including phenoxy) is 1. The molecule has 2 aliphatic rings. The zero-order chi connectivity index (χ0) is 16.8. The summed E-state index contributed by atoms with van der Waals surface area (Å²) in [7, 11) is 1.70. The Kier molecular flexibility index (Phi) is 6.18. The first-order chi connectivity index (χ1) is 11.7. The summed E-state index contributed by atoms with van der Waals surface area (Å²) in [6.07, 6.45) is 10.9. The molecule has 1 saturated heterocycles. The number of methoxy groups -OCH3 is 1. The number of hydrogen-bond donors (Lipinski definition) is 1. The van der Waals surface area contributed by atoms with Crippen molar-refractivity contribution < 1.29 is 9.84 Å². The van der Waals surface area contributed by atoms with Crippen LogP contribution < -0.4 is 4.74 Å². The molecule has 1 aromatic rings. The highest BCUT2D eigenvalue weighted by Gasteiger charge is 2.40. The van der Waals surface area contributed by atoms with Gasteiger partial charge in [0.05, 0.1) is 12.7 Å². The summed E-state index contributed by atoms with van der Waals surface area (Å²) >= 11 is 0. The molecule has 0 amide bonds. The van der Waals surface area contributed by atoms with Gasteiger partial charge in [-0.2, -0.15) is 0 Å². The molecule has 3 heteroatoms. The third-order valence-corrected chi connectivity index (χ3v) is 6.03. The minimum Gasteiger partial charge on any atom is -0.497 e. The molecule has 3 rings (SSSR count). The highest BCUT2D eigenvalue weighted by atomic mass is 16.5. The van der Waals surface area contributed by atoms with Crippen molar-refractivity contribution in [3.8, 4) is 5.75 Å². The lowest BCUT2D eigenvalue weighted by molar-refractivity contribution is -0.0429. The number of aliphatic hydroxyl groups is 1. The van der Waals surface area contributed by atoms with E-state index in [1.165, 1.54) is 51.6 Å². The normalized spacial score (nSPS) is 29.7. The Balaban J connectivity index is 1.82. The molecule has 0 bridgehead atoms. The lowest BCUT2D eigenvalue weighted by atomic mass is 9.77. The van der Waals surface area contributed by atoms with E-state index in [1.807, 2.05) is 18.2 Å². The summed E-state index contributed by atoms with van der Waals surface area (Å²) in [6, 6.07) is 8.11. The van der Waals surface area contributed by atoms with Crippen molar-refractivity contribution in [2.75, 3.05) is 26.7 Å². The smallest absolute Gasteiger partial charge is 0.119 e. The Labute approximate surface area is 147 Å². The van der Waals surface area contributed by atoms with Crippen molar-refractivity contribution in [3.05, 3.63) is 29.8 Å². The van der Waals surface area contributed by atoms with Crippen LogP contribution in [0, 0.1) is 5.92 Å². The molecule has 2 fully saturated rings. The molecule has 1 N–H and O–H groups in total. The summed E-state index contributed by atoms with van der Waals surface area (Å²) in [5.41, 5.74) is 0.334. The van der Waals surface area contributed by atoms with Crippen LogP contribution in [0.4, 0.5) is 0 Å². The fraction of sp³-hybridized carbons (Fsp3) is 0.714. The highest BCUT2D eigenvalue weighted by molar-refractivity contribution is 5.33. The van der Waals surface area contributed by atoms with Crippen LogP contribution in [0.2, 0.25) is 0 Å². The molecule has 1 heterocycles. The maximum atomic E-state index is 11.7. The second kappa shape index (κ2) is 8.35. The summed E-state index contributed by atoms with van der Waals surface area (Å²) < 4.78 is 5.40. The van der Waals surface area contributed by atoms with Gasteiger partial charge in [0, 0.05) is 12.5 Å². The number of nitrogens with zero attached hydrogens (tertiary/aromatic N) is 1. The molecule has 1 aromatic carbocycles. The lowest BCUT2D eigenvalue weighted by Gasteiger charge is -2.38. The maximum absolute atomic E-state index is 11.7. The van der Waals surface area contributed by atoms with Crippen LogP contribution in [0.25, 0.3) is 0 Å². The van der Waals surface area contributed by atoms with E-state index in [-0.39, 0.29) is 0 Å². The van der Waals surface area contributed by atoms with Crippen molar-refractivity contribution in [1.29, 1.82) is 0 Å². The first-order valence-electron chi connectivity index (χ1n) is 9.81. The van der Waals surface area contributed by atoms with Gasteiger partial charge in [-0.05, 0) is 56.5 Å². The lowest BCUT2D eigenvalue weighted by Crippen LogP contribution is -2.42. The van der Waals surface area contributed by atoms with Crippen molar-refractivity contribution in [3.63, 3.8) is 0 Å². The zero-order valence-electron chi connectivity index (χ0n) is 15.2. The van der Waals surface area contributed by atoms with Gasteiger partial charge in [0.1, 0.15) is 5.75 Å². The van der Waals surface area contributed by atoms with Crippen LogP contribution in [0.1, 0.15) is 63.4 Å². The molecule has 1 aliphatic heterocycles. The van der Waals surface area contributed by atoms with Crippen molar-refractivity contribution in [1.82, 2.24) is 4.90 Å². The quantitative estimate of drug-likeness (QED) is 0.833. The third-order valence-electron chi connectivity index (χ3n) is 6.03. The summed E-state index contributed by atoms with van der Waals surface area (Å²) in [5.74, 6) is 1.17. The van der Waals surface area contributed by atoms with Crippen LogP contribution in [0.3, 0.4) is 0 Å². The first kappa shape index (κ1) is 17.8. The molecular formula is C21H33NO2. The summed E-state index contributed by atoms with van der Waals surface area (Å²) in [6.45, 7) is 3.43. The van der Waals surface area contributed by atoms with Gasteiger partial charge in [-0.25, -0.2) is 0 Å². The number of rotatable bonds is 4.